The van der Waals surface area contributed by atoms with Gasteiger partial charge in [-0.15, -0.1) is 0 Å². The molecule has 2 heterocycles. The number of ether oxygens (including phenoxy) is 2. The molecule has 38 heavy (non-hydrogen) atoms. The Bertz CT molecular complexity index is 1530. The van der Waals surface area contributed by atoms with Crippen molar-refractivity contribution in [2.24, 2.45) is 0 Å². The minimum absolute atomic E-state index is 0.0302. The number of carbonyl (C=O) groups excluding carboxylic acids is 1. The van der Waals surface area contributed by atoms with Crippen molar-refractivity contribution in [3.63, 3.8) is 0 Å². The van der Waals surface area contributed by atoms with Gasteiger partial charge in [0, 0.05) is 29.9 Å². The third-order valence-corrected chi connectivity index (χ3v) is 5.89. The number of nitrogens with zero attached hydrogens (tertiary/aromatic N) is 3. The zero-order chi connectivity index (χ0) is 27.2. The van der Waals surface area contributed by atoms with Gasteiger partial charge in [-0.3, -0.25) is 4.79 Å². The number of fused-ring (bicyclic) bond motifs is 1. The van der Waals surface area contributed by atoms with Crippen LogP contribution in [0.2, 0.25) is 0 Å². The average Bonchev–Trinajstić information content (AvgIpc) is 3.54. The highest BCUT2D eigenvalue weighted by Gasteiger charge is 2.38. The number of aromatic nitrogens is 2. The lowest BCUT2D eigenvalue weighted by atomic mass is 10.0. The van der Waals surface area contributed by atoms with Crippen LogP contribution in [0.4, 0.5) is 32.0 Å². The second-order valence-corrected chi connectivity index (χ2v) is 8.32. The number of benzene rings is 3. The number of carbonyl (C=O) groups is 1. The van der Waals surface area contributed by atoms with E-state index in [1.54, 1.807) is 18.2 Å². The summed E-state index contributed by atoms with van der Waals surface area (Å²) in [6.07, 6.45) is -9.74. The van der Waals surface area contributed by atoms with Gasteiger partial charge in [-0.05, 0) is 42.5 Å². The molecule has 1 amide bonds. The summed E-state index contributed by atoms with van der Waals surface area (Å²) >= 11 is 0. The molecule has 196 valence electrons. The monoisotopic (exact) mass is 533 g/mol. The van der Waals surface area contributed by atoms with Crippen LogP contribution in [-0.2, 0) is 12.4 Å². The van der Waals surface area contributed by atoms with Gasteiger partial charge in [0.05, 0.1) is 16.9 Å². The maximum Gasteiger partial charge on any atom is 0.435 e. The van der Waals surface area contributed by atoms with E-state index in [-0.39, 0.29) is 18.0 Å². The Hall–Kier alpha value is -4.48. The number of hydrogen-bond donors (Lipinski definition) is 0. The molecule has 1 aliphatic heterocycles. The molecule has 0 unspecified atom stereocenters. The maximum atomic E-state index is 13.7. The molecule has 0 radical (unpaired) electrons. The summed E-state index contributed by atoms with van der Waals surface area (Å²) in [5.41, 5.74) is -2.92. The molecule has 1 aliphatic rings. The molecule has 12 heteroatoms. The standard InChI is InChI=1S/C26H17F6N3O3/c1-34(16-9-10-21-22(12-16)38-14-37-21)24(36)15-5-4-6-17(11-15)35-20(13-23(33-35)26(30,31)32)18-7-2-3-8-19(18)25(27,28)29/h2-13H,14H2,1H3. The Morgan fingerprint density at radius 3 is 2.34 bits per heavy atom. The first kappa shape index (κ1) is 25.2. The summed E-state index contributed by atoms with van der Waals surface area (Å²) < 4.78 is 93.1. The van der Waals surface area contributed by atoms with Crippen molar-refractivity contribution in [1.29, 1.82) is 0 Å². The predicted molar refractivity (Wildman–Crippen MR) is 124 cm³/mol. The highest BCUT2D eigenvalue weighted by Crippen LogP contribution is 2.40. The number of rotatable bonds is 4. The van der Waals surface area contributed by atoms with E-state index in [9.17, 15) is 31.1 Å². The van der Waals surface area contributed by atoms with Crippen LogP contribution in [0.15, 0.2) is 72.8 Å². The van der Waals surface area contributed by atoms with Gasteiger partial charge in [0.15, 0.2) is 17.2 Å². The molecule has 0 bridgehead atoms. The second kappa shape index (κ2) is 9.12. The van der Waals surface area contributed by atoms with Gasteiger partial charge in [-0.2, -0.15) is 31.4 Å². The highest BCUT2D eigenvalue weighted by molar-refractivity contribution is 6.06. The van der Waals surface area contributed by atoms with E-state index >= 15 is 0 Å². The second-order valence-electron chi connectivity index (χ2n) is 8.32. The Labute approximate surface area is 211 Å². The molecular weight excluding hydrogens is 516 g/mol. The molecule has 0 atom stereocenters. The van der Waals surface area contributed by atoms with Crippen molar-refractivity contribution >= 4 is 11.6 Å². The minimum atomic E-state index is -4.92. The van der Waals surface area contributed by atoms with Gasteiger partial charge in [0.2, 0.25) is 6.79 Å². The summed E-state index contributed by atoms with van der Waals surface area (Å²) in [5.74, 6) is 0.439. The molecule has 5 rings (SSSR count). The van der Waals surface area contributed by atoms with E-state index in [2.05, 4.69) is 5.10 Å². The van der Waals surface area contributed by atoms with Crippen LogP contribution in [0.5, 0.6) is 11.5 Å². The molecule has 4 aromatic rings. The summed E-state index contributed by atoms with van der Waals surface area (Å²) in [7, 11) is 1.49. The third-order valence-electron chi connectivity index (χ3n) is 5.89. The first-order chi connectivity index (χ1) is 17.9. The summed E-state index contributed by atoms with van der Waals surface area (Å²) in [6.45, 7) is 0.0437. The summed E-state index contributed by atoms with van der Waals surface area (Å²) in [6, 6.07) is 15.1. The van der Waals surface area contributed by atoms with E-state index in [0.29, 0.717) is 23.3 Å². The Kier molecular flexibility index (Phi) is 6.04. The zero-order valence-electron chi connectivity index (χ0n) is 19.5. The largest absolute Gasteiger partial charge is 0.454 e. The Morgan fingerprint density at radius 1 is 0.868 bits per heavy atom. The zero-order valence-corrected chi connectivity index (χ0v) is 19.5. The van der Waals surface area contributed by atoms with Crippen molar-refractivity contribution < 1.29 is 40.6 Å². The van der Waals surface area contributed by atoms with Gasteiger partial charge >= 0.3 is 12.4 Å². The minimum Gasteiger partial charge on any atom is -0.454 e. The van der Waals surface area contributed by atoms with E-state index in [1.807, 2.05) is 0 Å². The molecule has 3 aromatic carbocycles. The Balaban J connectivity index is 1.57. The molecule has 0 saturated carbocycles. The molecule has 0 fully saturated rings. The summed E-state index contributed by atoms with van der Waals surface area (Å²) in [4.78, 5) is 14.5. The molecule has 0 aliphatic carbocycles. The topological polar surface area (TPSA) is 56.6 Å². The fourth-order valence-electron chi connectivity index (χ4n) is 4.04. The average molecular weight is 533 g/mol. The predicted octanol–water partition coefficient (Wildman–Crippen LogP) is 6.58. The van der Waals surface area contributed by atoms with E-state index in [4.69, 9.17) is 9.47 Å². The van der Waals surface area contributed by atoms with Crippen molar-refractivity contribution in [1.82, 2.24) is 9.78 Å². The lowest BCUT2D eigenvalue weighted by molar-refractivity contribution is -0.141. The SMILES string of the molecule is CN(C(=O)c1cccc(-n2nc(C(F)(F)F)cc2-c2ccccc2C(F)(F)F)c1)c1ccc2c(c1)OCO2. The lowest BCUT2D eigenvalue weighted by Gasteiger charge is -2.19. The van der Waals surface area contributed by atoms with Gasteiger partial charge in [0.1, 0.15) is 0 Å². The smallest absolute Gasteiger partial charge is 0.435 e. The van der Waals surface area contributed by atoms with Crippen LogP contribution < -0.4 is 14.4 Å². The van der Waals surface area contributed by atoms with Gasteiger partial charge in [-0.1, -0.05) is 24.3 Å². The molecule has 0 N–H and O–H groups in total. The number of amides is 1. The fraction of sp³-hybridized carbons (Fsp3) is 0.154. The molecule has 0 spiro atoms. The first-order valence-electron chi connectivity index (χ1n) is 11.1. The first-order valence-corrected chi connectivity index (χ1v) is 11.1. The van der Waals surface area contributed by atoms with Crippen molar-refractivity contribution in [3.05, 3.63) is 89.6 Å². The molecular formula is C26H17F6N3O3. The number of halogens is 6. The van der Waals surface area contributed by atoms with Crippen LogP contribution in [0.25, 0.3) is 16.9 Å². The molecule has 0 saturated heterocycles. The van der Waals surface area contributed by atoms with Crippen molar-refractivity contribution in [2.75, 3.05) is 18.7 Å². The van der Waals surface area contributed by atoms with Crippen LogP contribution in [0, 0.1) is 0 Å². The van der Waals surface area contributed by atoms with Crippen LogP contribution in [0.1, 0.15) is 21.6 Å². The summed E-state index contributed by atoms with van der Waals surface area (Å²) in [5, 5.41) is 3.56. The van der Waals surface area contributed by atoms with E-state index in [1.165, 1.54) is 42.3 Å². The van der Waals surface area contributed by atoms with Crippen LogP contribution in [-0.4, -0.2) is 29.5 Å². The van der Waals surface area contributed by atoms with E-state index < -0.39 is 40.8 Å². The number of alkyl halides is 6. The Morgan fingerprint density at radius 2 is 1.61 bits per heavy atom. The van der Waals surface area contributed by atoms with Crippen LogP contribution >= 0.6 is 0 Å². The van der Waals surface area contributed by atoms with Gasteiger partial charge in [-0.25, -0.2) is 4.68 Å². The fourth-order valence-corrected chi connectivity index (χ4v) is 4.04. The highest BCUT2D eigenvalue weighted by atomic mass is 19.4. The lowest BCUT2D eigenvalue weighted by Crippen LogP contribution is -2.26. The normalized spacial score (nSPS) is 13.0. The molecule has 6 nitrogen and oxygen atoms in total. The number of anilines is 1. The number of hydrogen-bond acceptors (Lipinski definition) is 4. The quantitative estimate of drug-likeness (QED) is 0.278. The van der Waals surface area contributed by atoms with Crippen molar-refractivity contribution in [3.8, 4) is 28.4 Å². The van der Waals surface area contributed by atoms with Gasteiger partial charge < -0.3 is 14.4 Å². The van der Waals surface area contributed by atoms with E-state index in [0.717, 1.165) is 22.9 Å². The van der Waals surface area contributed by atoms with Crippen molar-refractivity contribution in [2.45, 2.75) is 12.4 Å². The molecule has 1 aromatic heterocycles. The maximum absolute atomic E-state index is 13.7. The van der Waals surface area contributed by atoms with Crippen LogP contribution in [0.3, 0.4) is 0 Å². The third kappa shape index (κ3) is 4.64. The van der Waals surface area contributed by atoms with Gasteiger partial charge in [0.25, 0.3) is 5.91 Å².